The first kappa shape index (κ1) is 17.3. The van der Waals surface area contributed by atoms with Gasteiger partial charge in [0.25, 0.3) is 0 Å². The number of methoxy groups -OCH3 is 1. The molecule has 5 aromatic rings. The average Bonchev–Trinajstić information content (AvgIpc) is 3.32. The van der Waals surface area contributed by atoms with Crippen LogP contribution in [0.2, 0.25) is 0 Å². The number of nitrogens with zero attached hydrogens (tertiary/aromatic N) is 1. The zero-order chi connectivity index (χ0) is 19.8. The van der Waals surface area contributed by atoms with Crippen LogP contribution in [-0.4, -0.2) is 22.9 Å². The van der Waals surface area contributed by atoms with Crippen LogP contribution in [0, 0.1) is 0 Å². The predicted octanol–water partition coefficient (Wildman–Crippen LogP) is 5.66. The molecular weight excluding hydrogens is 360 g/mol. The van der Waals surface area contributed by atoms with Gasteiger partial charge in [-0.3, -0.25) is 4.79 Å². The van der Waals surface area contributed by atoms with E-state index in [0.29, 0.717) is 12.2 Å². The molecule has 0 saturated heterocycles. The lowest BCUT2D eigenvalue weighted by Gasteiger charge is -2.08. The second-order valence-electron chi connectivity index (χ2n) is 7.10. The van der Waals surface area contributed by atoms with Crippen molar-refractivity contribution in [2.24, 2.45) is 0 Å². The fraction of sp³-hybridized carbons (Fsp3) is 0.0800. The van der Waals surface area contributed by atoms with E-state index in [4.69, 9.17) is 4.74 Å². The van der Waals surface area contributed by atoms with Crippen molar-refractivity contribution in [3.63, 3.8) is 0 Å². The molecule has 0 saturated carbocycles. The van der Waals surface area contributed by atoms with Crippen LogP contribution in [0.5, 0.6) is 5.75 Å². The summed E-state index contributed by atoms with van der Waals surface area (Å²) in [7, 11) is 1.66. The van der Waals surface area contributed by atoms with Gasteiger partial charge in [-0.1, -0.05) is 48.5 Å². The summed E-state index contributed by atoms with van der Waals surface area (Å²) in [5.74, 6) is 0.768. The Morgan fingerprint density at radius 1 is 0.966 bits per heavy atom. The number of carbonyl (C=O) groups is 1. The van der Waals surface area contributed by atoms with E-state index in [0.717, 1.165) is 50.7 Å². The molecule has 0 amide bonds. The van der Waals surface area contributed by atoms with Crippen molar-refractivity contribution < 1.29 is 9.53 Å². The van der Waals surface area contributed by atoms with Crippen molar-refractivity contribution in [2.45, 2.75) is 6.54 Å². The number of carbonyl (C=O) groups excluding carboxylic acids is 1. The zero-order valence-electron chi connectivity index (χ0n) is 16.1. The first-order valence-electron chi connectivity index (χ1n) is 9.56. The maximum Gasteiger partial charge on any atom is 0.167 e. The van der Waals surface area contributed by atoms with Crippen molar-refractivity contribution in [2.75, 3.05) is 7.11 Å². The van der Waals surface area contributed by atoms with E-state index in [2.05, 4.69) is 33.8 Å². The van der Waals surface area contributed by atoms with Gasteiger partial charge in [0.1, 0.15) is 5.75 Å². The third-order valence-corrected chi connectivity index (χ3v) is 5.41. The highest BCUT2D eigenvalue weighted by molar-refractivity contribution is 6.06. The number of aldehydes is 1. The van der Waals surface area contributed by atoms with E-state index in [9.17, 15) is 4.79 Å². The Morgan fingerprint density at radius 3 is 2.52 bits per heavy atom. The van der Waals surface area contributed by atoms with E-state index in [-0.39, 0.29) is 0 Å². The first-order valence-corrected chi connectivity index (χ1v) is 9.56. The van der Waals surface area contributed by atoms with Crippen LogP contribution in [0.4, 0.5) is 0 Å². The molecule has 4 heteroatoms. The third kappa shape index (κ3) is 2.90. The summed E-state index contributed by atoms with van der Waals surface area (Å²) in [5.41, 5.74) is 5.69. The lowest BCUT2D eigenvalue weighted by atomic mass is 10.1. The third-order valence-electron chi connectivity index (χ3n) is 5.41. The van der Waals surface area contributed by atoms with Gasteiger partial charge in [-0.25, -0.2) is 0 Å². The van der Waals surface area contributed by atoms with Gasteiger partial charge in [-0.2, -0.15) is 0 Å². The minimum absolute atomic E-state index is 0.623. The standard InChI is InChI=1S/C25H20N2O2/c1-29-19-11-12-23-20(14-19)25(22-13-18-9-5-6-10-21(18)26-22)24(16-28)27(23)15-17-7-3-2-4-8-17/h2-14,16,26H,15H2,1H3. The van der Waals surface area contributed by atoms with Crippen molar-refractivity contribution in [3.05, 3.63) is 90.1 Å². The Hall–Kier alpha value is -3.79. The average molecular weight is 380 g/mol. The molecule has 0 spiro atoms. The van der Waals surface area contributed by atoms with Crippen LogP contribution in [-0.2, 0) is 6.54 Å². The summed E-state index contributed by atoms with van der Waals surface area (Å²) >= 11 is 0. The monoisotopic (exact) mass is 380 g/mol. The van der Waals surface area contributed by atoms with Gasteiger partial charge in [0.2, 0.25) is 0 Å². The second kappa shape index (κ2) is 6.99. The number of benzene rings is 3. The number of hydrogen-bond acceptors (Lipinski definition) is 2. The Balaban J connectivity index is 1.80. The minimum Gasteiger partial charge on any atom is -0.497 e. The van der Waals surface area contributed by atoms with Crippen molar-refractivity contribution >= 4 is 28.1 Å². The topological polar surface area (TPSA) is 47.0 Å². The van der Waals surface area contributed by atoms with Crippen LogP contribution in [0.15, 0.2) is 78.9 Å². The van der Waals surface area contributed by atoms with Gasteiger partial charge < -0.3 is 14.3 Å². The Morgan fingerprint density at radius 2 is 1.76 bits per heavy atom. The largest absolute Gasteiger partial charge is 0.497 e. The molecule has 0 aliphatic carbocycles. The maximum absolute atomic E-state index is 12.3. The summed E-state index contributed by atoms with van der Waals surface area (Å²) in [5, 5.41) is 2.11. The van der Waals surface area contributed by atoms with Crippen LogP contribution in [0.1, 0.15) is 16.1 Å². The van der Waals surface area contributed by atoms with E-state index in [1.54, 1.807) is 7.11 Å². The van der Waals surface area contributed by atoms with Crippen molar-refractivity contribution in [3.8, 4) is 17.0 Å². The minimum atomic E-state index is 0.623. The molecule has 0 atom stereocenters. The smallest absolute Gasteiger partial charge is 0.167 e. The van der Waals surface area contributed by atoms with E-state index < -0.39 is 0 Å². The number of rotatable bonds is 5. The van der Waals surface area contributed by atoms with E-state index in [1.807, 2.05) is 54.6 Å². The number of aromatic amines is 1. The predicted molar refractivity (Wildman–Crippen MR) is 117 cm³/mol. The van der Waals surface area contributed by atoms with Crippen LogP contribution in [0.25, 0.3) is 33.1 Å². The quantitative estimate of drug-likeness (QED) is 0.400. The molecule has 0 fully saturated rings. The molecular formula is C25H20N2O2. The zero-order valence-corrected chi connectivity index (χ0v) is 16.1. The number of ether oxygens (including phenoxy) is 1. The normalized spacial score (nSPS) is 11.2. The molecule has 0 aliphatic heterocycles. The number of para-hydroxylation sites is 1. The molecule has 0 aliphatic rings. The summed E-state index contributed by atoms with van der Waals surface area (Å²) in [6, 6.07) is 26.4. The number of aromatic nitrogens is 2. The van der Waals surface area contributed by atoms with Gasteiger partial charge in [0.15, 0.2) is 6.29 Å². The molecule has 2 heterocycles. The van der Waals surface area contributed by atoms with Crippen molar-refractivity contribution in [1.82, 2.24) is 9.55 Å². The highest BCUT2D eigenvalue weighted by Crippen LogP contribution is 2.37. The molecule has 142 valence electrons. The van der Waals surface area contributed by atoms with Gasteiger partial charge >= 0.3 is 0 Å². The number of hydrogen-bond donors (Lipinski definition) is 1. The van der Waals surface area contributed by atoms with Crippen LogP contribution < -0.4 is 4.74 Å². The van der Waals surface area contributed by atoms with Gasteiger partial charge in [0.05, 0.1) is 12.8 Å². The molecule has 0 bridgehead atoms. The molecule has 0 unspecified atom stereocenters. The SMILES string of the molecule is COc1ccc2c(c1)c(-c1cc3ccccc3[nH]1)c(C=O)n2Cc1ccccc1. The Labute approximate surface area is 168 Å². The van der Waals surface area contributed by atoms with Gasteiger partial charge in [0, 0.05) is 39.6 Å². The Kier molecular flexibility index (Phi) is 4.17. The Bertz CT molecular complexity index is 1300. The summed E-state index contributed by atoms with van der Waals surface area (Å²) in [6.07, 6.45) is 0.955. The van der Waals surface area contributed by atoms with Gasteiger partial charge in [-0.05, 0) is 35.9 Å². The van der Waals surface area contributed by atoms with E-state index >= 15 is 0 Å². The van der Waals surface area contributed by atoms with Gasteiger partial charge in [-0.15, -0.1) is 0 Å². The molecule has 2 aromatic heterocycles. The molecule has 0 radical (unpaired) electrons. The lowest BCUT2D eigenvalue weighted by Crippen LogP contribution is -2.04. The highest BCUT2D eigenvalue weighted by Gasteiger charge is 2.20. The summed E-state index contributed by atoms with van der Waals surface area (Å²) in [6.45, 7) is 0.623. The van der Waals surface area contributed by atoms with Crippen molar-refractivity contribution in [1.29, 1.82) is 0 Å². The summed E-state index contributed by atoms with van der Waals surface area (Å²) < 4.78 is 7.55. The summed E-state index contributed by atoms with van der Waals surface area (Å²) in [4.78, 5) is 15.8. The highest BCUT2D eigenvalue weighted by atomic mass is 16.5. The number of fused-ring (bicyclic) bond motifs is 2. The van der Waals surface area contributed by atoms with E-state index in [1.165, 1.54) is 0 Å². The molecule has 3 aromatic carbocycles. The molecule has 4 nitrogen and oxygen atoms in total. The molecule has 1 N–H and O–H groups in total. The number of H-pyrrole nitrogens is 1. The molecule has 29 heavy (non-hydrogen) atoms. The lowest BCUT2D eigenvalue weighted by molar-refractivity contribution is 0.111. The molecule has 5 rings (SSSR count). The maximum atomic E-state index is 12.3. The first-order chi connectivity index (χ1) is 14.3. The fourth-order valence-corrected chi connectivity index (χ4v) is 4.03. The second-order valence-corrected chi connectivity index (χ2v) is 7.10. The van der Waals surface area contributed by atoms with Crippen LogP contribution >= 0.6 is 0 Å². The number of nitrogens with one attached hydrogen (secondary N) is 1. The fourth-order valence-electron chi connectivity index (χ4n) is 4.03. The van der Waals surface area contributed by atoms with Crippen LogP contribution in [0.3, 0.4) is 0 Å².